The lowest BCUT2D eigenvalue weighted by molar-refractivity contribution is 0.454. The second kappa shape index (κ2) is 5.75. The Balaban J connectivity index is 2.28. The smallest absolute Gasteiger partial charge is 0.253 e. The summed E-state index contributed by atoms with van der Waals surface area (Å²) in [5.41, 5.74) is -0.313. The van der Waals surface area contributed by atoms with Crippen molar-refractivity contribution in [3.05, 3.63) is 34.1 Å². The van der Waals surface area contributed by atoms with Crippen molar-refractivity contribution in [2.24, 2.45) is 0 Å². The predicted molar refractivity (Wildman–Crippen MR) is 69.3 cm³/mol. The zero-order valence-corrected chi connectivity index (χ0v) is 12.0. The topological polar surface area (TPSA) is 51.0 Å². The lowest BCUT2D eigenvalue weighted by Crippen LogP contribution is -2.21. The van der Waals surface area contributed by atoms with Crippen LogP contribution in [0.25, 0.3) is 11.5 Å². The van der Waals surface area contributed by atoms with Gasteiger partial charge in [-0.05, 0) is 12.1 Å². The van der Waals surface area contributed by atoms with Gasteiger partial charge in [-0.1, -0.05) is 29.8 Å². The summed E-state index contributed by atoms with van der Waals surface area (Å²) in [4.78, 5) is 0. The fourth-order valence-corrected chi connectivity index (χ4v) is 1.87. The number of halogens is 3. The fourth-order valence-electron chi connectivity index (χ4n) is 1.46. The van der Waals surface area contributed by atoms with Gasteiger partial charge >= 0.3 is 0 Å². The number of aromatic nitrogens is 2. The summed E-state index contributed by atoms with van der Waals surface area (Å²) in [6.45, 7) is 4.28. The van der Waals surface area contributed by atoms with Crippen LogP contribution < -0.4 is 5.32 Å². The van der Waals surface area contributed by atoms with Gasteiger partial charge in [-0.25, -0.2) is 8.78 Å². The van der Waals surface area contributed by atoms with Gasteiger partial charge in [0.05, 0.1) is 6.54 Å². The Morgan fingerprint density at radius 2 is 1.89 bits per heavy atom. The Morgan fingerprint density at radius 3 is 2.47 bits per heavy atom. The van der Waals surface area contributed by atoms with E-state index in [0.717, 1.165) is 12.1 Å². The largest absolute Gasteiger partial charge is 0.419 e. The molecular formula is C12H12BrF2N3O. The zero-order chi connectivity index (χ0) is 14.0. The van der Waals surface area contributed by atoms with E-state index < -0.39 is 11.6 Å². The molecule has 0 saturated heterocycles. The molecule has 1 aromatic heterocycles. The molecule has 0 spiro atoms. The Bertz CT molecular complexity index is 563. The number of nitrogens with zero attached hydrogens (tertiary/aromatic N) is 2. The lowest BCUT2D eigenvalue weighted by atomic mass is 10.2. The Morgan fingerprint density at radius 1 is 1.26 bits per heavy atom. The third-order valence-electron chi connectivity index (χ3n) is 2.35. The Kier molecular flexibility index (Phi) is 4.26. The van der Waals surface area contributed by atoms with Gasteiger partial charge in [0.25, 0.3) is 5.89 Å². The first-order chi connectivity index (χ1) is 8.97. The quantitative estimate of drug-likeness (QED) is 0.934. The van der Waals surface area contributed by atoms with E-state index in [0.29, 0.717) is 11.0 Å². The van der Waals surface area contributed by atoms with Crippen molar-refractivity contribution < 1.29 is 13.2 Å². The van der Waals surface area contributed by atoms with E-state index in [1.807, 2.05) is 13.8 Å². The van der Waals surface area contributed by atoms with E-state index in [-0.39, 0.29) is 23.4 Å². The summed E-state index contributed by atoms with van der Waals surface area (Å²) in [5, 5.41) is 10.5. The molecule has 0 fully saturated rings. The molecule has 0 aliphatic carbocycles. The number of rotatable bonds is 4. The molecule has 1 N–H and O–H groups in total. The minimum absolute atomic E-state index is 0.164. The third-order valence-corrected chi connectivity index (χ3v) is 2.81. The molecule has 19 heavy (non-hydrogen) atoms. The van der Waals surface area contributed by atoms with Crippen LogP contribution in [-0.2, 0) is 6.54 Å². The summed E-state index contributed by atoms with van der Waals surface area (Å²) in [7, 11) is 0. The highest BCUT2D eigenvalue weighted by Crippen LogP contribution is 2.27. The van der Waals surface area contributed by atoms with Gasteiger partial charge < -0.3 is 9.73 Å². The number of hydrogen-bond donors (Lipinski definition) is 1. The van der Waals surface area contributed by atoms with Gasteiger partial charge in [-0.2, -0.15) is 0 Å². The maximum absolute atomic E-state index is 13.7. The van der Waals surface area contributed by atoms with Crippen molar-refractivity contribution in [3.63, 3.8) is 0 Å². The Hall–Kier alpha value is -1.34. The molecule has 2 rings (SSSR count). The highest BCUT2D eigenvalue weighted by Gasteiger charge is 2.18. The number of benzene rings is 1. The molecule has 1 aromatic carbocycles. The highest BCUT2D eigenvalue weighted by molar-refractivity contribution is 9.10. The van der Waals surface area contributed by atoms with Crippen LogP contribution in [0.15, 0.2) is 21.0 Å². The molecule has 0 unspecified atom stereocenters. The van der Waals surface area contributed by atoms with E-state index in [1.165, 1.54) is 0 Å². The van der Waals surface area contributed by atoms with Gasteiger partial charge in [-0.15, -0.1) is 10.2 Å². The average molecular weight is 332 g/mol. The second-order valence-corrected chi connectivity index (χ2v) is 5.20. The van der Waals surface area contributed by atoms with Crippen LogP contribution in [0.2, 0.25) is 0 Å². The molecule has 0 radical (unpaired) electrons. The van der Waals surface area contributed by atoms with Crippen LogP contribution in [-0.4, -0.2) is 16.2 Å². The van der Waals surface area contributed by atoms with Crippen molar-refractivity contribution >= 4 is 15.9 Å². The molecule has 0 aliphatic heterocycles. The maximum Gasteiger partial charge on any atom is 0.253 e. The summed E-state index contributed by atoms with van der Waals surface area (Å²) in [6.07, 6.45) is 0. The summed E-state index contributed by atoms with van der Waals surface area (Å²) in [6, 6.07) is 2.54. The molecule has 4 nitrogen and oxygen atoms in total. The van der Waals surface area contributed by atoms with Crippen molar-refractivity contribution in [2.45, 2.75) is 26.4 Å². The van der Waals surface area contributed by atoms with E-state index in [2.05, 4.69) is 31.4 Å². The van der Waals surface area contributed by atoms with Crippen molar-refractivity contribution in [2.75, 3.05) is 0 Å². The van der Waals surface area contributed by atoms with Crippen LogP contribution in [0.5, 0.6) is 0 Å². The molecule has 1 heterocycles. The average Bonchev–Trinajstić information content (AvgIpc) is 2.73. The molecule has 0 amide bonds. The SMILES string of the molecule is CC(C)NCc1nnc(-c2c(F)cc(Br)cc2F)o1. The molecular weight excluding hydrogens is 320 g/mol. The Labute approximate surface area is 117 Å². The first kappa shape index (κ1) is 14.1. The van der Waals surface area contributed by atoms with Crippen molar-refractivity contribution in [1.29, 1.82) is 0 Å². The third kappa shape index (κ3) is 3.36. The minimum atomic E-state index is -0.751. The van der Waals surface area contributed by atoms with Crippen molar-refractivity contribution in [3.8, 4) is 11.5 Å². The molecule has 0 atom stereocenters. The maximum atomic E-state index is 13.7. The normalized spacial score (nSPS) is 11.3. The molecule has 0 aliphatic rings. The van der Waals surface area contributed by atoms with Gasteiger partial charge in [0, 0.05) is 10.5 Å². The fraction of sp³-hybridized carbons (Fsp3) is 0.333. The molecule has 0 bridgehead atoms. The molecule has 102 valence electrons. The first-order valence-electron chi connectivity index (χ1n) is 5.68. The van der Waals surface area contributed by atoms with Gasteiger partial charge in [0.15, 0.2) is 0 Å². The molecule has 0 saturated carbocycles. The van der Waals surface area contributed by atoms with Gasteiger partial charge in [0.2, 0.25) is 5.89 Å². The second-order valence-electron chi connectivity index (χ2n) is 4.28. The minimum Gasteiger partial charge on any atom is -0.419 e. The van der Waals surface area contributed by atoms with E-state index in [9.17, 15) is 8.78 Å². The molecule has 2 aromatic rings. The van der Waals surface area contributed by atoms with Gasteiger partial charge in [0.1, 0.15) is 17.2 Å². The van der Waals surface area contributed by atoms with Crippen LogP contribution in [0.3, 0.4) is 0 Å². The van der Waals surface area contributed by atoms with Crippen LogP contribution >= 0.6 is 15.9 Å². The van der Waals surface area contributed by atoms with Crippen LogP contribution in [0.1, 0.15) is 19.7 Å². The highest BCUT2D eigenvalue weighted by atomic mass is 79.9. The predicted octanol–water partition coefficient (Wildman–Crippen LogP) is 3.28. The summed E-state index contributed by atoms with van der Waals surface area (Å²) >= 11 is 3.01. The van der Waals surface area contributed by atoms with Crippen LogP contribution in [0, 0.1) is 11.6 Å². The van der Waals surface area contributed by atoms with Crippen molar-refractivity contribution in [1.82, 2.24) is 15.5 Å². The number of nitrogens with one attached hydrogen (secondary N) is 1. The van der Waals surface area contributed by atoms with E-state index in [1.54, 1.807) is 0 Å². The summed E-state index contributed by atoms with van der Waals surface area (Å²) < 4.78 is 33.0. The van der Waals surface area contributed by atoms with E-state index in [4.69, 9.17) is 4.42 Å². The summed E-state index contributed by atoms with van der Waals surface area (Å²) in [5.74, 6) is -1.38. The lowest BCUT2D eigenvalue weighted by Gasteiger charge is -2.03. The van der Waals surface area contributed by atoms with Crippen LogP contribution in [0.4, 0.5) is 8.78 Å². The first-order valence-corrected chi connectivity index (χ1v) is 6.47. The van der Waals surface area contributed by atoms with Gasteiger partial charge in [-0.3, -0.25) is 0 Å². The standard InChI is InChI=1S/C12H12BrF2N3O/c1-6(2)16-5-10-17-18-12(19-10)11-8(14)3-7(13)4-9(11)15/h3-4,6,16H,5H2,1-2H3. The number of hydrogen-bond acceptors (Lipinski definition) is 4. The molecule has 7 heteroatoms. The van der Waals surface area contributed by atoms with E-state index >= 15 is 0 Å². The monoisotopic (exact) mass is 331 g/mol. The zero-order valence-electron chi connectivity index (χ0n) is 10.4.